The number of aliphatic hydroxyl groups excluding tert-OH is 1. The molecule has 110 valence electrons. The molecule has 0 bridgehead atoms. The number of hydrogen-bond donors (Lipinski definition) is 1. The quantitative estimate of drug-likeness (QED) is 0.850. The molecule has 1 saturated carbocycles. The third kappa shape index (κ3) is 3.50. The van der Waals surface area contributed by atoms with Crippen LogP contribution in [0.15, 0.2) is 0 Å². The summed E-state index contributed by atoms with van der Waals surface area (Å²) in [6.07, 6.45) is 9.75. The Hall–Kier alpha value is -0.570. The maximum Gasteiger partial charge on any atom is 0.223 e. The van der Waals surface area contributed by atoms with Crippen molar-refractivity contribution in [1.29, 1.82) is 0 Å². The van der Waals surface area contributed by atoms with Gasteiger partial charge in [0.25, 0.3) is 0 Å². The summed E-state index contributed by atoms with van der Waals surface area (Å²) in [7, 11) is 0. The van der Waals surface area contributed by atoms with E-state index in [0.717, 1.165) is 31.7 Å². The first-order valence-corrected chi connectivity index (χ1v) is 8.00. The van der Waals surface area contributed by atoms with Gasteiger partial charge in [-0.15, -0.1) is 0 Å². The van der Waals surface area contributed by atoms with Crippen molar-refractivity contribution in [3.63, 3.8) is 0 Å². The van der Waals surface area contributed by atoms with E-state index in [1.807, 2.05) is 18.7 Å². The van der Waals surface area contributed by atoms with Gasteiger partial charge in [-0.3, -0.25) is 4.79 Å². The summed E-state index contributed by atoms with van der Waals surface area (Å²) in [6.45, 7) is 4.80. The number of carbonyl (C=O) groups excluding carboxylic acids is 1. The Balaban J connectivity index is 1.78. The Morgan fingerprint density at radius 1 is 1.21 bits per heavy atom. The van der Waals surface area contributed by atoms with Gasteiger partial charge in [0.05, 0.1) is 11.6 Å². The highest BCUT2D eigenvalue weighted by Gasteiger charge is 2.39. The van der Waals surface area contributed by atoms with Gasteiger partial charge >= 0.3 is 0 Å². The molecule has 1 amide bonds. The molecule has 1 aliphatic carbocycles. The van der Waals surface area contributed by atoms with Gasteiger partial charge in [0.1, 0.15) is 0 Å². The molecule has 19 heavy (non-hydrogen) atoms. The van der Waals surface area contributed by atoms with Crippen molar-refractivity contribution in [3.8, 4) is 0 Å². The average molecular weight is 267 g/mol. The lowest BCUT2D eigenvalue weighted by atomic mass is 9.86. The fourth-order valence-corrected chi connectivity index (χ4v) is 3.69. The average Bonchev–Trinajstić information content (AvgIpc) is 2.85. The van der Waals surface area contributed by atoms with Crippen LogP contribution in [0.3, 0.4) is 0 Å². The maximum absolute atomic E-state index is 12.3. The smallest absolute Gasteiger partial charge is 0.223 e. The number of amides is 1. The molecule has 0 aromatic carbocycles. The monoisotopic (exact) mass is 267 g/mol. The first kappa shape index (κ1) is 14.8. The van der Waals surface area contributed by atoms with Crippen molar-refractivity contribution in [2.75, 3.05) is 6.54 Å². The fraction of sp³-hybridized carbons (Fsp3) is 0.938. The van der Waals surface area contributed by atoms with Gasteiger partial charge < -0.3 is 10.0 Å². The van der Waals surface area contributed by atoms with E-state index in [2.05, 4.69) is 0 Å². The summed E-state index contributed by atoms with van der Waals surface area (Å²) in [4.78, 5) is 14.3. The van der Waals surface area contributed by atoms with Crippen LogP contribution in [0.25, 0.3) is 0 Å². The van der Waals surface area contributed by atoms with E-state index in [1.54, 1.807) is 0 Å². The van der Waals surface area contributed by atoms with Crippen molar-refractivity contribution >= 4 is 5.91 Å². The summed E-state index contributed by atoms with van der Waals surface area (Å²) in [5.74, 6) is 1.11. The molecule has 2 rings (SSSR count). The molecule has 1 aliphatic heterocycles. The largest absolute Gasteiger partial charge is 0.391 e. The second-order valence-electron chi connectivity index (χ2n) is 6.90. The highest BCUT2D eigenvalue weighted by molar-refractivity contribution is 5.77. The van der Waals surface area contributed by atoms with E-state index in [-0.39, 0.29) is 17.6 Å². The standard InChI is InChI=1S/C16H29NO2/c1-16(2)14(18)10-6-12-17(16)15(19)11-5-9-13-7-3-4-8-13/h13-14,18H,3-12H2,1-2H3. The third-order valence-electron chi connectivity index (χ3n) is 5.15. The molecule has 0 aromatic rings. The van der Waals surface area contributed by atoms with Crippen LogP contribution in [0.1, 0.15) is 71.6 Å². The van der Waals surface area contributed by atoms with Crippen LogP contribution < -0.4 is 0 Å². The highest BCUT2D eigenvalue weighted by Crippen LogP contribution is 2.31. The molecular weight excluding hydrogens is 238 g/mol. The number of hydrogen-bond acceptors (Lipinski definition) is 2. The number of rotatable bonds is 4. The lowest BCUT2D eigenvalue weighted by Gasteiger charge is -2.46. The lowest BCUT2D eigenvalue weighted by Crippen LogP contribution is -2.58. The fourth-order valence-electron chi connectivity index (χ4n) is 3.69. The Labute approximate surface area is 117 Å². The molecular formula is C16H29NO2. The molecule has 0 spiro atoms. The first-order valence-electron chi connectivity index (χ1n) is 8.00. The summed E-state index contributed by atoms with van der Waals surface area (Å²) in [6, 6.07) is 0. The van der Waals surface area contributed by atoms with E-state index in [0.29, 0.717) is 6.42 Å². The Bertz CT molecular complexity index is 308. The number of piperidine rings is 1. The molecule has 2 fully saturated rings. The van der Waals surface area contributed by atoms with Gasteiger partial charge in [-0.2, -0.15) is 0 Å². The zero-order chi connectivity index (χ0) is 13.9. The minimum Gasteiger partial charge on any atom is -0.391 e. The lowest BCUT2D eigenvalue weighted by molar-refractivity contribution is -0.145. The van der Waals surface area contributed by atoms with Crippen LogP contribution in [0.2, 0.25) is 0 Å². The van der Waals surface area contributed by atoms with Crippen LogP contribution in [-0.2, 0) is 4.79 Å². The molecule has 3 nitrogen and oxygen atoms in total. The van der Waals surface area contributed by atoms with Crippen LogP contribution in [0.5, 0.6) is 0 Å². The van der Waals surface area contributed by atoms with E-state index >= 15 is 0 Å². The Morgan fingerprint density at radius 2 is 1.89 bits per heavy atom. The number of likely N-dealkylation sites (tertiary alicyclic amines) is 1. The molecule has 1 N–H and O–H groups in total. The zero-order valence-corrected chi connectivity index (χ0v) is 12.5. The molecule has 3 heteroatoms. The molecule has 0 aromatic heterocycles. The summed E-state index contributed by atoms with van der Waals surface area (Å²) in [5.41, 5.74) is -0.386. The minimum atomic E-state index is -0.386. The van der Waals surface area contributed by atoms with Crippen LogP contribution in [0.4, 0.5) is 0 Å². The minimum absolute atomic E-state index is 0.238. The topological polar surface area (TPSA) is 40.5 Å². The zero-order valence-electron chi connectivity index (χ0n) is 12.5. The Kier molecular flexibility index (Phi) is 4.88. The van der Waals surface area contributed by atoms with Gasteiger partial charge in [-0.25, -0.2) is 0 Å². The summed E-state index contributed by atoms with van der Waals surface area (Å²) in [5, 5.41) is 10.1. The predicted molar refractivity (Wildman–Crippen MR) is 76.8 cm³/mol. The van der Waals surface area contributed by atoms with Crippen molar-refractivity contribution in [1.82, 2.24) is 4.90 Å². The third-order valence-corrected chi connectivity index (χ3v) is 5.15. The Morgan fingerprint density at radius 3 is 2.58 bits per heavy atom. The number of aliphatic hydroxyl groups is 1. The van der Waals surface area contributed by atoms with Gasteiger partial charge in [-0.1, -0.05) is 25.7 Å². The van der Waals surface area contributed by atoms with Crippen molar-refractivity contribution in [2.24, 2.45) is 5.92 Å². The van der Waals surface area contributed by atoms with Crippen LogP contribution in [0, 0.1) is 5.92 Å². The molecule has 1 unspecified atom stereocenters. The van der Waals surface area contributed by atoms with Crippen LogP contribution in [-0.4, -0.2) is 34.1 Å². The molecule has 1 atom stereocenters. The van der Waals surface area contributed by atoms with E-state index in [9.17, 15) is 9.90 Å². The van der Waals surface area contributed by atoms with Gasteiger partial charge in [0.15, 0.2) is 0 Å². The van der Waals surface area contributed by atoms with Gasteiger partial charge in [0, 0.05) is 13.0 Å². The van der Waals surface area contributed by atoms with Crippen molar-refractivity contribution in [2.45, 2.75) is 83.3 Å². The second-order valence-corrected chi connectivity index (χ2v) is 6.90. The summed E-state index contributed by atoms with van der Waals surface area (Å²) >= 11 is 0. The first-order chi connectivity index (χ1) is 9.01. The number of carbonyl (C=O) groups is 1. The molecule has 0 radical (unpaired) electrons. The highest BCUT2D eigenvalue weighted by atomic mass is 16.3. The van der Waals surface area contributed by atoms with Crippen LogP contribution >= 0.6 is 0 Å². The van der Waals surface area contributed by atoms with E-state index in [4.69, 9.17) is 0 Å². The van der Waals surface area contributed by atoms with Gasteiger partial charge in [-0.05, 0) is 45.4 Å². The summed E-state index contributed by atoms with van der Waals surface area (Å²) < 4.78 is 0. The SMILES string of the molecule is CC1(C)C(O)CCCN1C(=O)CCCC1CCCC1. The number of nitrogens with zero attached hydrogens (tertiary/aromatic N) is 1. The van der Waals surface area contributed by atoms with E-state index < -0.39 is 0 Å². The van der Waals surface area contributed by atoms with Crippen molar-refractivity contribution in [3.05, 3.63) is 0 Å². The molecule has 1 saturated heterocycles. The van der Waals surface area contributed by atoms with E-state index in [1.165, 1.54) is 32.1 Å². The van der Waals surface area contributed by atoms with Crippen molar-refractivity contribution < 1.29 is 9.90 Å². The predicted octanol–water partition coefficient (Wildman–Crippen LogP) is 3.11. The normalized spacial score (nSPS) is 27.7. The second kappa shape index (κ2) is 6.25. The maximum atomic E-state index is 12.3. The van der Waals surface area contributed by atoms with Gasteiger partial charge in [0.2, 0.25) is 5.91 Å². The molecule has 1 heterocycles. The molecule has 2 aliphatic rings.